The van der Waals surface area contributed by atoms with E-state index >= 15 is 0 Å². The number of ether oxygens (including phenoxy) is 1. The molecule has 0 bridgehead atoms. The summed E-state index contributed by atoms with van der Waals surface area (Å²) >= 11 is 0. The Morgan fingerprint density at radius 3 is 2.94 bits per heavy atom. The van der Waals surface area contributed by atoms with Crippen LogP contribution in [-0.2, 0) is 0 Å². The van der Waals surface area contributed by atoms with Gasteiger partial charge in [-0.05, 0) is 30.5 Å². The highest BCUT2D eigenvalue weighted by molar-refractivity contribution is 5.68. The van der Waals surface area contributed by atoms with Crippen molar-refractivity contribution in [1.29, 1.82) is 0 Å². The van der Waals surface area contributed by atoms with Crippen molar-refractivity contribution in [2.75, 3.05) is 20.7 Å². The first kappa shape index (κ1) is 11.3. The summed E-state index contributed by atoms with van der Waals surface area (Å²) in [6.45, 7) is 3.28. The van der Waals surface area contributed by atoms with Crippen LogP contribution in [0, 0.1) is 0 Å². The van der Waals surface area contributed by atoms with Crippen LogP contribution in [0.3, 0.4) is 0 Å². The van der Waals surface area contributed by atoms with Gasteiger partial charge in [0.05, 0.1) is 18.2 Å². The van der Waals surface area contributed by atoms with Crippen molar-refractivity contribution >= 4 is 5.57 Å². The summed E-state index contributed by atoms with van der Waals surface area (Å²) in [7, 11) is 3.85. The summed E-state index contributed by atoms with van der Waals surface area (Å²) in [6, 6.07) is 6.19. The van der Waals surface area contributed by atoms with E-state index in [0.29, 0.717) is 0 Å². The van der Waals surface area contributed by atoms with E-state index in [2.05, 4.69) is 24.9 Å². The molecular formula is C15H18N2O. The maximum absolute atomic E-state index is 5.27. The van der Waals surface area contributed by atoms with Crippen molar-refractivity contribution < 1.29 is 4.74 Å². The van der Waals surface area contributed by atoms with Gasteiger partial charge in [-0.15, -0.1) is 0 Å². The molecule has 3 heteroatoms. The van der Waals surface area contributed by atoms with Gasteiger partial charge in [-0.1, -0.05) is 6.92 Å². The first-order valence-electron chi connectivity index (χ1n) is 6.45. The highest BCUT2D eigenvalue weighted by atomic mass is 16.5. The second-order valence-corrected chi connectivity index (χ2v) is 4.79. The molecule has 0 saturated heterocycles. The zero-order chi connectivity index (χ0) is 12.7. The minimum absolute atomic E-state index is 0.878. The quantitative estimate of drug-likeness (QED) is 0.784. The molecule has 0 unspecified atom stereocenters. The average molecular weight is 242 g/mol. The minimum Gasteiger partial charge on any atom is -0.497 e. The van der Waals surface area contributed by atoms with Gasteiger partial charge in [0.15, 0.2) is 0 Å². The molecule has 0 radical (unpaired) electrons. The van der Waals surface area contributed by atoms with Gasteiger partial charge in [0.25, 0.3) is 0 Å². The van der Waals surface area contributed by atoms with Crippen LogP contribution in [0.4, 0.5) is 0 Å². The number of hydrogen-bond acceptors (Lipinski definition) is 3. The Labute approximate surface area is 107 Å². The van der Waals surface area contributed by atoms with Crippen molar-refractivity contribution in [1.82, 2.24) is 4.90 Å². The second kappa shape index (κ2) is 4.16. The lowest BCUT2D eigenvalue weighted by molar-refractivity contribution is 0.399. The fourth-order valence-corrected chi connectivity index (χ4v) is 2.83. The number of fused-ring (bicyclic) bond motifs is 2. The van der Waals surface area contributed by atoms with E-state index in [9.17, 15) is 0 Å². The van der Waals surface area contributed by atoms with E-state index in [0.717, 1.165) is 30.5 Å². The smallest absolute Gasteiger partial charge is 0.121 e. The molecule has 0 atom stereocenters. The molecule has 0 fully saturated rings. The number of benzene rings is 1. The lowest BCUT2D eigenvalue weighted by atomic mass is 10.0. The van der Waals surface area contributed by atoms with Gasteiger partial charge in [0.2, 0.25) is 0 Å². The van der Waals surface area contributed by atoms with Gasteiger partial charge in [-0.25, -0.2) is 4.99 Å². The van der Waals surface area contributed by atoms with Crippen molar-refractivity contribution in [2.45, 2.75) is 19.8 Å². The molecule has 0 N–H and O–H groups in total. The van der Waals surface area contributed by atoms with Gasteiger partial charge in [0, 0.05) is 30.6 Å². The Kier molecular flexibility index (Phi) is 2.62. The molecule has 2 aliphatic heterocycles. The van der Waals surface area contributed by atoms with E-state index in [1.54, 1.807) is 7.11 Å². The first-order valence-corrected chi connectivity index (χ1v) is 6.45. The molecule has 0 saturated carbocycles. The molecule has 94 valence electrons. The van der Waals surface area contributed by atoms with Crippen molar-refractivity contribution in [3.63, 3.8) is 0 Å². The lowest BCUT2D eigenvalue weighted by Gasteiger charge is -2.28. The molecule has 1 aromatic rings. The van der Waals surface area contributed by atoms with Crippen LogP contribution in [0.2, 0.25) is 0 Å². The van der Waals surface area contributed by atoms with Crippen LogP contribution < -0.4 is 15.3 Å². The summed E-state index contributed by atoms with van der Waals surface area (Å²) in [5.41, 5.74) is 3.95. The van der Waals surface area contributed by atoms with E-state index in [-0.39, 0.29) is 0 Å². The maximum Gasteiger partial charge on any atom is 0.121 e. The van der Waals surface area contributed by atoms with E-state index in [1.807, 2.05) is 12.1 Å². The maximum atomic E-state index is 5.27. The van der Waals surface area contributed by atoms with Crippen LogP contribution >= 0.6 is 0 Å². The van der Waals surface area contributed by atoms with Gasteiger partial charge in [-0.2, -0.15) is 0 Å². The van der Waals surface area contributed by atoms with Crippen molar-refractivity contribution in [3.05, 3.63) is 40.2 Å². The molecular weight excluding hydrogens is 224 g/mol. The average Bonchev–Trinajstić information content (AvgIpc) is 2.75. The summed E-state index contributed by atoms with van der Waals surface area (Å²) in [5.74, 6) is 0.878. The first-order chi connectivity index (χ1) is 8.74. The largest absolute Gasteiger partial charge is 0.497 e. The molecule has 0 aliphatic carbocycles. The number of nitrogens with zero attached hydrogens (tertiary/aromatic N) is 2. The fraction of sp³-hybridized carbons (Fsp3) is 0.400. The molecule has 0 aromatic heterocycles. The van der Waals surface area contributed by atoms with Crippen LogP contribution in [0.1, 0.15) is 19.8 Å². The Morgan fingerprint density at radius 2 is 2.22 bits per heavy atom. The molecule has 3 rings (SSSR count). The molecule has 0 amide bonds. The molecule has 1 aromatic carbocycles. The minimum atomic E-state index is 0.878. The Balaban J connectivity index is 2.28. The summed E-state index contributed by atoms with van der Waals surface area (Å²) in [6.07, 6.45) is 2.11. The van der Waals surface area contributed by atoms with Crippen molar-refractivity contribution in [3.8, 4) is 5.75 Å². The number of hydrogen-bond donors (Lipinski definition) is 0. The van der Waals surface area contributed by atoms with Gasteiger partial charge >= 0.3 is 0 Å². The predicted molar refractivity (Wildman–Crippen MR) is 71.7 cm³/mol. The standard InChI is InChI=1S/C15H18N2O/c1-4-14-15-12(7-8-17(14)2)11-6-5-10(18-3)9-13(11)16-15/h5-6,9H,4,7-8H2,1-3H3. The third-order valence-corrected chi connectivity index (χ3v) is 3.81. The van der Waals surface area contributed by atoms with E-state index in [1.165, 1.54) is 22.2 Å². The summed E-state index contributed by atoms with van der Waals surface area (Å²) in [5, 5.41) is 2.34. The van der Waals surface area contributed by atoms with Crippen molar-refractivity contribution in [2.24, 2.45) is 4.99 Å². The molecule has 0 spiro atoms. The molecule has 2 aliphatic rings. The summed E-state index contributed by atoms with van der Waals surface area (Å²) < 4.78 is 5.27. The third-order valence-electron chi connectivity index (χ3n) is 3.81. The highest BCUT2D eigenvalue weighted by Crippen LogP contribution is 2.30. The zero-order valence-electron chi connectivity index (χ0n) is 11.2. The Morgan fingerprint density at radius 1 is 1.39 bits per heavy atom. The van der Waals surface area contributed by atoms with Crippen LogP contribution in [0.5, 0.6) is 5.75 Å². The van der Waals surface area contributed by atoms with E-state index in [4.69, 9.17) is 9.73 Å². The number of rotatable bonds is 2. The van der Waals surface area contributed by atoms with Crippen LogP contribution in [0.25, 0.3) is 5.57 Å². The van der Waals surface area contributed by atoms with Crippen LogP contribution in [0.15, 0.2) is 34.6 Å². The van der Waals surface area contributed by atoms with E-state index < -0.39 is 0 Å². The Hall–Kier alpha value is -1.77. The SMILES string of the molecule is CCC1=C2N=c3cc(OC)ccc3=C2CCN1C. The topological polar surface area (TPSA) is 24.8 Å². The van der Waals surface area contributed by atoms with Gasteiger partial charge in [-0.3, -0.25) is 0 Å². The monoisotopic (exact) mass is 242 g/mol. The highest BCUT2D eigenvalue weighted by Gasteiger charge is 2.23. The Bertz CT molecular complexity index is 643. The fourth-order valence-electron chi connectivity index (χ4n) is 2.83. The molecule has 18 heavy (non-hydrogen) atoms. The van der Waals surface area contributed by atoms with Gasteiger partial charge < -0.3 is 9.64 Å². The zero-order valence-corrected chi connectivity index (χ0v) is 11.2. The normalized spacial score (nSPS) is 17.5. The predicted octanol–water partition coefficient (Wildman–Crippen LogP) is 1.44. The van der Waals surface area contributed by atoms with Crippen LogP contribution in [-0.4, -0.2) is 25.6 Å². The third kappa shape index (κ3) is 1.54. The molecule has 2 heterocycles. The summed E-state index contributed by atoms with van der Waals surface area (Å²) in [4.78, 5) is 7.13. The number of allylic oxidation sites excluding steroid dienone is 2. The molecule has 3 nitrogen and oxygen atoms in total. The lowest BCUT2D eigenvalue weighted by Crippen LogP contribution is -2.27. The second-order valence-electron chi connectivity index (χ2n) is 4.79. The number of methoxy groups -OCH3 is 1. The van der Waals surface area contributed by atoms with Gasteiger partial charge in [0.1, 0.15) is 5.75 Å².